The molecule has 0 unspecified atom stereocenters. The van der Waals surface area contributed by atoms with Gasteiger partial charge in [0.15, 0.2) is 15.8 Å². The second-order valence-corrected chi connectivity index (χ2v) is 9.96. The van der Waals surface area contributed by atoms with Gasteiger partial charge in [-0.2, -0.15) is 0 Å². The summed E-state index contributed by atoms with van der Waals surface area (Å²) in [5.74, 6) is 1.50. The van der Waals surface area contributed by atoms with Gasteiger partial charge in [-0.1, -0.05) is 12.1 Å². The SMILES string of the molecule is CN=C(NCCN1CCS(=O)(=O)CC1)N1CCN(c2cccc(C)c2C)CC1. The predicted molar refractivity (Wildman–Crippen MR) is 116 cm³/mol. The first kappa shape index (κ1) is 20.9. The standard InChI is InChI=1S/C20H33N5O2S/c1-17-5-4-6-19(18(17)2)24-9-11-25(12-10-24)20(21-3)22-7-8-23-13-15-28(26,27)16-14-23/h4-6H,7-16H2,1-3H3,(H,21,22). The molecule has 0 saturated carbocycles. The van der Waals surface area contributed by atoms with Gasteiger partial charge in [0.2, 0.25) is 0 Å². The third-order valence-electron chi connectivity index (χ3n) is 5.86. The number of aryl methyl sites for hydroxylation is 1. The largest absolute Gasteiger partial charge is 0.368 e. The topological polar surface area (TPSA) is 68.2 Å². The van der Waals surface area contributed by atoms with Crippen molar-refractivity contribution in [2.24, 2.45) is 4.99 Å². The van der Waals surface area contributed by atoms with Gasteiger partial charge in [-0.05, 0) is 31.0 Å². The smallest absolute Gasteiger partial charge is 0.193 e. The average Bonchev–Trinajstić information content (AvgIpc) is 2.69. The highest BCUT2D eigenvalue weighted by Gasteiger charge is 2.23. The Labute approximate surface area is 169 Å². The molecule has 1 N–H and O–H groups in total. The van der Waals surface area contributed by atoms with Gasteiger partial charge in [0.25, 0.3) is 0 Å². The van der Waals surface area contributed by atoms with E-state index in [1.54, 1.807) is 0 Å². The lowest BCUT2D eigenvalue weighted by atomic mass is 10.1. The second kappa shape index (κ2) is 9.13. The van der Waals surface area contributed by atoms with Crippen molar-refractivity contribution in [2.75, 3.05) is 75.8 Å². The van der Waals surface area contributed by atoms with Crippen LogP contribution >= 0.6 is 0 Å². The first-order valence-electron chi connectivity index (χ1n) is 10.1. The van der Waals surface area contributed by atoms with Gasteiger partial charge >= 0.3 is 0 Å². The van der Waals surface area contributed by atoms with E-state index in [1.807, 2.05) is 7.05 Å². The fourth-order valence-corrected chi connectivity index (χ4v) is 5.15. The molecule has 2 fully saturated rings. The van der Waals surface area contributed by atoms with Gasteiger partial charge < -0.3 is 15.1 Å². The summed E-state index contributed by atoms with van der Waals surface area (Å²) in [6, 6.07) is 6.51. The van der Waals surface area contributed by atoms with Crippen LogP contribution in [0.4, 0.5) is 5.69 Å². The minimum absolute atomic E-state index is 0.280. The van der Waals surface area contributed by atoms with E-state index in [9.17, 15) is 8.42 Å². The van der Waals surface area contributed by atoms with Crippen molar-refractivity contribution in [1.82, 2.24) is 15.1 Å². The van der Waals surface area contributed by atoms with Crippen LogP contribution in [0.15, 0.2) is 23.2 Å². The predicted octanol–water partition coefficient (Wildman–Crippen LogP) is 0.731. The van der Waals surface area contributed by atoms with E-state index in [4.69, 9.17) is 0 Å². The van der Waals surface area contributed by atoms with Gasteiger partial charge in [0.1, 0.15) is 0 Å². The Kier molecular flexibility index (Phi) is 6.82. The van der Waals surface area contributed by atoms with E-state index in [1.165, 1.54) is 16.8 Å². The van der Waals surface area contributed by atoms with E-state index < -0.39 is 9.84 Å². The molecule has 0 bridgehead atoms. The summed E-state index contributed by atoms with van der Waals surface area (Å²) in [7, 11) is -0.985. The molecule has 0 atom stereocenters. The van der Waals surface area contributed by atoms with Crippen molar-refractivity contribution < 1.29 is 8.42 Å². The molecule has 0 amide bonds. The van der Waals surface area contributed by atoms with Crippen LogP contribution in [0.2, 0.25) is 0 Å². The normalized spacial score (nSPS) is 21.0. The average molecular weight is 408 g/mol. The molecule has 0 spiro atoms. The van der Waals surface area contributed by atoms with Crippen molar-refractivity contribution >= 4 is 21.5 Å². The Bertz CT molecular complexity index is 787. The highest BCUT2D eigenvalue weighted by atomic mass is 32.2. The number of nitrogens with one attached hydrogen (secondary N) is 1. The van der Waals surface area contributed by atoms with Crippen molar-refractivity contribution in [3.05, 3.63) is 29.3 Å². The van der Waals surface area contributed by atoms with Gasteiger partial charge in [0.05, 0.1) is 11.5 Å². The summed E-state index contributed by atoms with van der Waals surface area (Å²) in [6.07, 6.45) is 0. The molecule has 1 aromatic rings. The Morgan fingerprint density at radius 3 is 2.39 bits per heavy atom. The number of guanidine groups is 1. The summed E-state index contributed by atoms with van der Waals surface area (Å²) < 4.78 is 23.1. The molecule has 0 aromatic heterocycles. The zero-order valence-corrected chi connectivity index (χ0v) is 18.1. The van der Waals surface area contributed by atoms with Crippen LogP contribution in [0.3, 0.4) is 0 Å². The maximum atomic E-state index is 11.5. The highest BCUT2D eigenvalue weighted by Crippen LogP contribution is 2.23. The molecule has 0 radical (unpaired) electrons. The van der Waals surface area contributed by atoms with Crippen molar-refractivity contribution in [3.63, 3.8) is 0 Å². The van der Waals surface area contributed by atoms with E-state index in [0.717, 1.165) is 45.2 Å². The molecule has 2 aliphatic heterocycles. The zero-order valence-electron chi connectivity index (χ0n) is 17.3. The van der Waals surface area contributed by atoms with Crippen LogP contribution in [-0.4, -0.2) is 95.1 Å². The Hall–Kier alpha value is -1.80. The van der Waals surface area contributed by atoms with Crippen LogP contribution in [0.1, 0.15) is 11.1 Å². The van der Waals surface area contributed by atoms with Crippen LogP contribution in [-0.2, 0) is 9.84 Å². The van der Waals surface area contributed by atoms with Crippen molar-refractivity contribution in [3.8, 4) is 0 Å². The molecule has 8 heteroatoms. The lowest BCUT2D eigenvalue weighted by molar-refractivity contribution is 0.296. The van der Waals surface area contributed by atoms with Gasteiger partial charge in [-0.25, -0.2) is 8.42 Å². The quantitative estimate of drug-likeness (QED) is 0.586. The summed E-state index contributed by atoms with van der Waals surface area (Å²) in [4.78, 5) is 11.4. The van der Waals surface area contributed by atoms with Crippen molar-refractivity contribution in [1.29, 1.82) is 0 Å². The first-order chi connectivity index (χ1) is 13.4. The Morgan fingerprint density at radius 2 is 1.75 bits per heavy atom. The maximum Gasteiger partial charge on any atom is 0.193 e. The van der Waals surface area contributed by atoms with Crippen LogP contribution in [0, 0.1) is 13.8 Å². The molecular weight excluding hydrogens is 374 g/mol. The highest BCUT2D eigenvalue weighted by molar-refractivity contribution is 7.91. The number of hydrogen-bond acceptors (Lipinski definition) is 5. The van der Waals surface area contributed by atoms with Gasteiger partial charge in [-0.3, -0.25) is 9.89 Å². The number of hydrogen-bond donors (Lipinski definition) is 1. The molecule has 0 aliphatic carbocycles. The molecule has 2 aliphatic rings. The number of anilines is 1. The molecule has 28 heavy (non-hydrogen) atoms. The lowest BCUT2D eigenvalue weighted by Crippen LogP contribution is -2.53. The lowest BCUT2D eigenvalue weighted by Gasteiger charge is -2.38. The molecule has 1 aromatic carbocycles. The van der Waals surface area contributed by atoms with Gasteiger partial charge in [-0.15, -0.1) is 0 Å². The van der Waals surface area contributed by atoms with Crippen LogP contribution < -0.4 is 10.2 Å². The fourth-order valence-electron chi connectivity index (χ4n) is 3.87. The summed E-state index contributed by atoms with van der Waals surface area (Å²) >= 11 is 0. The number of rotatable bonds is 4. The van der Waals surface area contributed by atoms with Gasteiger partial charge in [0, 0.05) is 65.1 Å². The Morgan fingerprint density at radius 1 is 1.07 bits per heavy atom. The monoisotopic (exact) mass is 407 g/mol. The third-order valence-corrected chi connectivity index (χ3v) is 7.47. The molecule has 3 rings (SSSR count). The minimum atomic E-state index is -2.81. The summed E-state index contributed by atoms with van der Waals surface area (Å²) in [6.45, 7) is 11.1. The van der Waals surface area contributed by atoms with E-state index in [-0.39, 0.29) is 11.5 Å². The number of aliphatic imine (C=N–C) groups is 1. The van der Waals surface area contributed by atoms with E-state index in [0.29, 0.717) is 13.1 Å². The zero-order chi connectivity index (χ0) is 20.1. The minimum Gasteiger partial charge on any atom is -0.368 e. The van der Waals surface area contributed by atoms with E-state index in [2.05, 4.69) is 57.1 Å². The molecular formula is C20H33N5O2S. The molecule has 7 nitrogen and oxygen atoms in total. The molecule has 2 heterocycles. The van der Waals surface area contributed by atoms with Crippen LogP contribution in [0.5, 0.6) is 0 Å². The Balaban J connectivity index is 1.45. The van der Waals surface area contributed by atoms with E-state index >= 15 is 0 Å². The first-order valence-corrected chi connectivity index (χ1v) is 11.9. The number of nitrogens with zero attached hydrogens (tertiary/aromatic N) is 4. The van der Waals surface area contributed by atoms with Crippen LogP contribution in [0.25, 0.3) is 0 Å². The summed E-state index contributed by atoms with van der Waals surface area (Å²) in [5, 5.41) is 3.45. The number of benzene rings is 1. The van der Waals surface area contributed by atoms with Crippen molar-refractivity contribution in [2.45, 2.75) is 13.8 Å². The number of sulfone groups is 1. The second-order valence-electron chi connectivity index (χ2n) is 7.66. The number of piperazine rings is 1. The fraction of sp³-hybridized carbons (Fsp3) is 0.650. The summed E-state index contributed by atoms with van der Waals surface area (Å²) in [5.41, 5.74) is 4.03. The maximum absolute atomic E-state index is 11.5. The molecule has 156 valence electrons. The third kappa shape index (κ3) is 5.17. The molecule has 2 saturated heterocycles.